The Morgan fingerprint density at radius 1 is 1.29 bits per heavy atom. The quantitative estimate of drug-likeness (QED) is 0.581. The van der Waals surface area contributed by atoms with Crippen LogP contribution in [0.5, 0.6) is 0 Å². The predicted molar refractivity (Wildman–Crippen MR) is 76.5 cm³/mol. The summed E-state index contributed by atoms with van der Waals surface area (Å²) in [4.78, 5) is 1.42. The summed E-state index contributed by atoms with van der Waals surface area (Å²) in [6, 6.07) is 0. The van der Waals surface area contributed by atoms with Crippen molar-refractivity contribution in [1.29, 1.82) is 0 Å². The molecule has 1 N–H and O–H groups in total. The lowest BCUT2D eigenvalue weighted by Gasteiger charge is -2.37. The molecule has 4 heteroatoms. The summed E-state index contributed by atoms with van der Waals surface area (Å²) in [5.74, 6) is 5.60. The molecular formula is C13H20BO2S. The number of hydrogen-bond donors (Lipinski definition) is 1. The standard InChI is InChI=1S/C13H20BO2S/c1-8-9-10(2)17-11(3)14-16-13(6,7)12(4,5)15/h15H,2-3H2,1,4-7H3. The summed E-state index contributed by atoms with van der Waals surface area (Å²) in [5, 5.41) is 9.90. The smallest absolute Gasteiger partial charge is 0.337 e. The van der Waals surface area contributed by atoms with Crippen LogP contribution in [0.2, 0.25) is 0 Å². The Kier molecular flexibility index (Phi) is 6.11. The molecule has 17 heavy (non-hydrogen) atoms. The number of aliphatic hydroxyl groups is 1. The molecule has 0 saturated heterocycles. The van der Waals surface area contributed by atoms with Gasteiger partial charge in [0.05, 0.1) is 16.1 Å². The van der Waals surface area contributed by atoms with E-state index in [1.54, 1.807) is 20.8 Å². The van der Waals surface area contributed by atoms with Crippen LogP contribution in [-0.4, -0.2) is 23.8 Å². The maximum absolute atomic E-state index is 9.90. The summed E-state index contributed by atoms with van der Waals surface area (Å²) in [6.07, 6.45) is 0. The van der Waals surface area contributed by atoms with Crippen LogP contribution in [0.15, 0.2) is 22.9 Å². The fourth-order valence-corrected chi connectivity index (χ4v) is 1.27. The first kappa shape index (κ1) is 16.4. The van der Waals surface area contributed by atoms with E-state index < -0.39 is 11.2 Å². The maximum atomic E-state index is 9.90. The zero-order valence-corrected chi connectivity index (χ0v) is 12.1. The van der Waals surface area contributed by atoms with E-state index in [0.29, 0.717) is 4.80 Å². The van der Waals surface area contributed by atoms with Crippen molar-refractivity contribution in [3.63, 3.8) is 0 Å². The Bertz CT molecular complexity index is 356. The fourth-order valence-electron chi connectivity index (χ4n) is 0.704. The van der Waals surface area contributed by atoms with Crippen molar-refractivity contribution < 1.29 is 9.76 Å². The number of allylic oxidation sites excluding steroid dienone is 1. The van der Waals surface area contributed by atoms with Crippen LogP contribution in [0.25, 0.3) is 0 Å². The van der Waals surface area contributed by atoms with Gasteiger partial charge in [0, 0.05) is 0 Å². The van der Waals surface area contributed by atoms with Gasteiger partial charge in [0.15, 0.2) is 0 Å². The number of thioether (sulfide) groups is 1. The van der Waals surface area contributed by atoms with Gasteiger partial charge in [0.25, 0.3) is 0 Å². The minimum absolute atomic E-state index is 0.686. The molecule has 0 heterocycles. The summed E-state index contributed by atoms with van der Waals surface area (Å²) in [7, 11) is 1.53. The van der Waals surface area contributed by atoms with Crippen molar-refractivity contribution >= 4 is 19.2 Å². The molecule has 0 aliphatic rings. The van der Waals surface area contributed by atoms with Gasteiger partial charge in [-0.1, -0.05) is 30.8 Å². The molecule has 0 unspecified atom stereocenters. The van der Waals surface area contributed by atoms with Crippen LogP contribution < -0.4 is 0 Å². The Morgan fingerprint density at radius 2 is 1.82 bits per heavy atom. The Morgan fingerprint density at radius 3 is 2.24 bits per heavy atom. The average Bonchev–Trinajstić information content (AvgIpc) is 2.13. The molecule has 2 nitrogen and oxygen atoms in total. The Hall–Kier alpha value is -0.625. The van der Waals surface area contributed by atoms with E-state index in [-0.39, 0.29) is 0 Å². The highest BCUT2D eigenvalue weighted by Gasteiger charge is 2.35. The number of hydrogen-bond acceptors (Lipinski definition) is 3. The van der Waals surface area contributed by atoms with E-state index in [0.717, 1.165) is 4.91 Å². The molecule has 0 rings (SSSR count). The molecule has 0 amide bonds. The molecule has 93 valence electrons. The van der Waals surface area contributed by atoms with Crippen molar-refractivity contribution in [2.75, 3.05) is 0 Å². The van der Waals surface area contributed by atoms with Crippen LogP contribution in [-0.2, 0) is 4.65 Å². The van der Waals surface area contributed by atoms with Gasteiger partial charge in [-0.3, -0.25) is 0 Å². The first-order valence-corrected chi connectivity index (χ1v) is 6.13. The van der Waals surface area contributed by atoms with Gasteiger partial charge in [-0.2, -0.15) is 0 Å². The minimum atomic E-state index is -0.936. The highest BCUT2D eigenvalue weighted by molar-refractivity contribution is 8.08. The third-order valence-electron chi connectivity index (χ3n) is 2.48. The van der Waals surface area contributed by atoms with Gasteiger partial charge < -0.3 is 9.76 Å². The van der Waals surface area contributed by atoms with Crippen LogP contribution >= 0.6 is 11.8 Å². The minimum Gasteiger partial charge on any atom is -0.426 e. The molecule has 0 aliphatic heterocycles. The van der Waals surface area contributed by atoms with Crippen molar-refractivity contribution in [3.8, 4) is 11.8 Å². The molecule has 0 fully saturated rings. The van der Waals surface area contributed by atoms with Crippen LogP contribution in [0.3, 0.4) is 0 Å². The normalized spacial score (nSPS) is 11.4. The molecule has 0 spiro atoms. The second-order valence-corrected chi connectivity index (χ2v) is 5.89. The number of rotatable bonds is 6. The van der Waals surface area contributed by atoms with E-state index in [9.17, 15) is 5.11 Å². The largest absolute Gasteiger partial charge is 0.426 e. The second kappa shape index (κ2) is 6.35. The molecular weight excluding hydrogens is 231 g/mol. The van der Waals surface area contributed by atoms with Crippen molar-refractivity contribution in [2.24, 2.45) is 0 Å². The van der Waals surface area contributed by atoms with Gasteiger partial charge in [-0.05, 0) is 39.4 Å². The fraction of sp³-hybridized carbons (Fsp3) is 0.538. The zero-order valence-electron chi connectivity index (χ0n) is 11.3. The van der Waals surface area contributed by atoms with Crippen molar-refractivity contribution in [2.45, 2.75) is 45.8 Å². The SMILES string of the molecule is C=C([B]OC(C)(C)C(C)(C)O)SC(=C)C#CC. The summed E-state index contributed by atoms with van der Waals surface area (Å²) in [6.45, 7) is 16.4. The molecule has 0 aromatic carbocycles. The average molecular weight is 251 g/mol. The van der Waals surface area contributed by atoms with Gasteiger partial charge in [-0.25, -0.2) is 0 Å². The summed E-state index contributed by atoms with van der Waals surface area (Å²) in [5.41, 5.74) is -1.62. The van der Waals surface area contributed by atoms with E-state index in [4.69, 9.17) is 4.65 Å². The molecule has 0 atom stereocenters. The Balaban J connectivity index is 4.25. The predicted octanol–water partition coefficient (Wildman–Crippen LogP) is 2.91. The first-order valence-electron chi connectivity index (χ1n) is 5.32. The molecule has 0 aliphatic carbocycles. The van der Waals surface area contributed by atoms with Crippen molar-refractivity contribution in [1.82, 2.24) is 0 Å². The molecule has 0 bridgehead atoms. The zero-order chi connectivity index (χ0) is 13.7. The van der Waals surface area contributed by atoms with Gasteiger partial charge >= 0.3 is 7.48 Å². The summed E-state index contributed by atoms with van der Waals surface area (Å²) < 4.78 is 5.55. The third kappa shape index (κ3) is 6.02. The maximum Gasteiger partial charge on any atom is 0.337 e. The third-order valence-corrected chi connectivity index (χ3v) is 3.18. The molecule has 0 aromatic heterocycles. The lowest BCUT2D eigenvalue weighted by atomic mass is 9.86. The lowest BCUT2D eigenvalue weighted by Crippen LogP contribution is -2.48. The Labute approximate surface area is 110 Å². The second-order valence-electron chi connectivity index (χ2n) is 4.67. The highest BCUT2D eigenvalue weighted by Crippen LogP contribution is 2.27. The van der Waals surface area contributed by atoms with Gasteiger partial charge in [-0.15, -0.1) is 5.92 Å². The van der Waals surface area contributed by atoms with Gasteiger partial charge in [0.1, 0.15) is 0 Å². The van der Waals surface area contributed by atoms with E-state index in [1.807, 2.05) is 13.8 Å². The van der Waals surface area contributed by atoms with Crippen LogP contribution in [0, 0.1) is 11.8 Å². The van der Waals surface area contributed by atoms with E-state index in [2.05, 4.69) is 25.0 Å². The van der Waals surface area contributed by atoms with Crippen LogP contribution in [0.1, 0.15) is 34.6 Å². The molecule has 0 aromatic rings. The first-order chi connectivity index (χ1) is 7.60. The van der Waals surface area contributed by atoms with Crippen molar-refractivity contribution in [3.05, 3.63) is 22.9 Å². The topological polar surface area (TPSA) is 29.5 Å². The summed E-state index contributed by atoms with van der Waals surface area (Å²) >= 11 is 1.35. The van der Waals surface area contributed by atoms with E-state index in [1.165, 1.54) is 19.2 Å². The lowest BCUT2D eigenvalue weighted by molar-refractivity contribution is -0.0895. The highest BCUT2D eigenvalue weighted by atomic mass is 32.2. The monoisotopic (exact) mass is 251 g/mol. The van der Waals surface area contributed by atoms with E-state index >= 15 is 0 Å². The van der Waals surface area contributed by atoms with Crippen LogP contribution in [0.4, 0.5) is 0 Å². The molecule has 1 radical (unpaired) electrons. The molecule has 0 saturated carbocycles. The van der Waals surface area contributed by atoms with Gasteiger partial charge in [0.2, 0.25) is 0 Å².